The van der Waals surface area contributed by atoms with Crippen LogP contribution in [0.5, 0.6) is 0 Å². The Kier molecular flexibility index (Phi) is 11.0. The van der Waals surface area contributed by atoms with Crippen LogP contribution in [0.2, 0.25) is 0 Å². The number of esters is 1. The second-order valence-corrected chi connectivity index (χ2v) is 9.37. The summed E-state index contributed by atoms with van der Waals surface area (Å²) >= 11 is 0. The summed E-state index contributed by atoms with van der Waals surface area (Å²) in [5, 5.41) is 10.4. The number of aliphatic hydroxyl groups is 1. The van der Waals surface area contributed by atoms with Crippen LogP contribution in [0, 0.1) is 11.8 Å². The molecule has 2 aliphatic rings. The van der Waals surface area contributed by atoms with Crippen molar-refractivity contribution in [2.24, 2.45) is 17.6 Å². The fourth-order valence-electron chi connectivity index (χ4n) is 4.23. The topological polar surface area (TPSA) is 81.8 Å². The number of hydrogen-bond acceptors (Lipinski definition) is 5. The smallest absolute Gasteiger partial charge is 0.331 e. The zero-order chi connectivity index (χ0) is 24.4. The summed E-state index contributed by atoms with van der Waals surface area (Å²) in [6, 6.07) is -0.266. The number of rotatable bonds is 9. The normalized spacial score (nSPS) is 31.5. The van der Waals surface area contributed by atoms with E-state index >= 15 is 0 Å². The van der Waals surface area contributed by atoms with Gasteiger partial charge in [-0.3, -0.25) is 0 Å². The summed E-state index contributed by atoms with van der Waals surface area (Å²) in [6.45, 7) is 10.3. The molecule has 0 aromatic carbocycles. The number of ether oxygens (including phenoxy) is 2. The molecule has 0 amide bonds. The van der Waals surface area contributed by atoms with Gasteiger partial charge in [0.25, 0.3) is 0 Å². The fraction of sp³-hybridized carbons (Fsp3) is 0.536. The molecule has 182 valence electrons. The highest BCUT2D eigenvalue weighted by Gasteiger charge is 2.35. The van der Waals surface area contributed by atoms with Gasteiger partial charge in [-0.15, -0.1) is 0 Å². The van der Waals surface area contributed by atoms with Crippen LogP contribution in [0.3, 0.4) is 0 Å². The predicted molar refractivity (Wildman–Crippen MR) is 134 cm³/mol. The van der Waals surface area contributed by atoms with Gasteiger partial charge in [-0.05, 0) is 39.2 Å². The lowest BCUT2D eigenvalue weighted by Crippen LogP contribution is -2.48. The third-order valence-corrected chi connectivity index (χ3v) is 6.11. The molecule has 0 bridgehead atoms. The van der Waals surface area contributed by atoms with E-state index in [2.05, 4.69) is 32.9 Å². The molecular formula is C28H41NO4. The van der Waals surface area contributed by atoms with Crippen molar-refractivity contribution in [2.75, 3.05) is 0 Å². The molecule has 2 unspecified atom stereocenters. The Morgan fingerprint density at radius 2 is 2.09 bits per heavy atom. The van der Waals surface area contributed by atoms with E-state index in [0.717, 1.165) is 18.4 Å². The third-order valence-electron chi connectivity index (χ3n) is 6.11. The molecule has 1 fully saturated rings. The minimum absolute atomic E-state index is 0.0677. The number of allylic oxidation sites excluding steroid dienone is 7. The highest BCUT2D eigenvalue weighted by Crippen LogP contribution is 2.28. The second kappa shape index (κ2) is 13.5. The van der Waals surface area contributed by atoms with Crippen molar-refractivity contribution in [1.29, 1.82) is 0 Å². The Balaban J connectivity index is 1.85. The van der Waals surface area contributed by atoms with Crippen LogP contribution in [-0.4, -0.2) is 41.5 Å². The Labute approximate surface area is 199 Å². The molecule has 2 rings (SSSR count). The van der Waals surface area contributed by atoms with Crippen molar-refractivity contribution in [1.82, 2.24) is 0 Å². The molecule has 5 nitrogen and oxygen atoms in total. The monoisotopic (exact) mass is 455 g/mol. The summed E-state index contributed by atoms with van der Waals surface area (Å²) < 4.78 is 11.4. The maximum Gasteiger partial charge on any atom is 0.331 e. The Hall–Kier alpha value is -2.21. The van der Waals surface area contributed by atoms with E-state index in [0.29, 0.717) is 12.3 Å². The summed E-state index contributed by atoms with van der Waals surface area (Å²) in [6.07, 6.45) is 20.8. The first-order valence-electron chi connectivity index (χ1n) is 12.0. The molecule has 0 aliphatic carbocycles. The minimum Gasteiger partial charge on any atom is -0.455 e. The lowest BCUT2D eigenvalue weighted by molar-refractivity contribution is -0.141. The number of nitrogens with two attached hydrogens (primary N) is 1. The van der Waals surface area contributed by atoms with Crippen molar-refractivity contribution < 1.29 is 19.4 Å². The van der Waals surface area contributed by atoms with E-state index in [1.165, 1.54) is 11.6 Å². The van der Waals surface area contributed by atoms with Crippen LogP contribution < -0.4 is 5.73 Å². The number of aliphatic hydroxyl groups excluding tert-OH is 1. The number of carbonyl (C=O) groups excluding carboxylic acids is 1. The van der Waals surface area contributed by atoms with Crippen molar-refractivity contribution in [3.05, 3.63) is 71.9 Å². The first-order valence-corrected chi connectivity index (χ1v) is 12.0. The molecule has 0 radical (unpaired) electrons. The molecule has 2 aliphatic heterocycles. The van der Waals surface area contributed by atoms with Gasteiger partial charge in [0.2, 0.25) is 0 Å². The number of carbonyl (C=O) groups is 1. The van der Waals surface area contributed by atoms with Gasteiger partial charge in [0.15, 0.2) is 0 Å². The molecule has 7 atom stereocenters. The first kappa shape index (κ1) is 27.0. The summed E-state index contributed by atoms with van der Waals surface area (Å²) in [4.78, 5) is 11.3. The zero-order valence-electron chi connectivity index (χ0n) is 20.7. The SMILES string of the molecule is C/C=C/[C@@H]1O[C@H]([C@@H](N)/C=C/C=C(\C)CC(C)/C=C(C)\C=C\[C@H]2CC=CC(=O)O2)C[C@@H](O)C1C. The highest BCUT2D eigenvalue weighted by molar-refractivity contribution is 5.82. The molecule has 0 aromatic heterocycles. The summed E-state index contributed by atoms with van der Waals surface area (Å²) in [5.74, 6) is 0.164. The van der Waals surface area contributed by atoms with Crippen LogP contribution >= 0.6 is 0 Å². The maximum absolute atomic E-state index is 11.3. The van der Waals surface area contributed by atoms with Gasteiger partial charge >= 0.3 is 5.97 Å². The number of cyclic esters (lactones) is 1. The molecule has 5 heteroatoms. The lowest BCUT2D eigenvalue weighted by atomic mass is 9.88. The van der Waals surface area contributed by atoms with Crippen molar-refractivity contribution in [3.63, 3.8) is 0 Å². The molecule has 0 spiro atoms. The molecule has 0 aromatic rings. The van der Waals surface area contributed by atoms with Crippen LogP contribution in [0.1, 0.15) is 53.9 Å². The summed E-state index contributed by atoms with van der Waals surface area (Å²) in [5.41, 5.74) is 8.75. The van der Waals surface area contributed by atoms with E-state index in [9.17, 15) is 9.90 Å². The molecule has 33 heavy (non-hydrogen) atoms. The Morgan fingerprint density at radius 3 is 2.79 bits per heavy atom. The molecular weight excluding hydrogens is 414 g/mol. The van der Waals surface area contributed by atoms with Crippen LogP contribution in [0.4, 0.5) is 0 Å². The lowest BCUT2D eigenvalue weighted by Gasteiger charge is -2.38. The van der Waals surface area contributed by atoms with Crippen molar-refractivity contribution in [3.8, 4) is 0 Å². The van der Waals surface area contributed by atoms with Gasteiger partial charge in [-0.1, -0.05) is 73.6 Å². The predicted octanol–water partition coefficient (Wildman–Crippen LogP) is 4.95. The minimum atomic E-state index is -0.409. The Bertz CT molecular complexity index is 820. The second-order valence-electron chi connectivity index (χ2n) is 9.37. The standard InChI is InChI=1S/C28H41NO4/c1-6-9-26-22(5)25(30)18-27(33-26)24(29)12-7-10-19(2)16-21(4)17-20(3)14-15-23-11-8-13-28(31)32-23/h6-10,12-15,17,21-27,30H,11,16,18,29H2,1-5H3/b9-6+,12-7+,15-14+,19-10+,20-17-/t21?,22?,23-,24+,25-,26+,27+/m1/s1. The van der Waals surface area contributed by atoms with E-state index in [1.54, 1.807) is 0 Å². The summed E-state index contributed by atoms with van der Waals surface area (Å²) in [7, 11) is 0. The van der Waals surface area contributed by atoms with Gasteiger partial charge in [0, 0.05) is 30.9 Å². The van der Waals surface area contributed by atoms with Crippen LogP contribution in [0.15, 0.2) is 71.9 Å². The van der Waals surface area contributed by atoms with Gasteiger partial charge < -0.3 is 20.3 Å². The third kappa shape index (κ3) is 9.28. The molecule has 1 saturated heterocycles. The Morgan fingerprint density at radius 1 is 1.33 bits per heavy atom. The molecule has 2 heterocycles. The first-order chi connectivity index (χ1) is 15.7. The van der Waals surface area contributed by atoms with E-state index in [-0.39, 0.29) is 36.2 Å². The maximum atomic E-state index is 11.3. The van der Waals surface area contributed by atoms with Gasteiger partial charge in [0.1, 0.15) is 6.10 Å². The molecule has 0 saturated carbocycles. The quantitative estimate of drug-likeness (QED) is 0.292. The largest absolute Gasteiger partial charge is 0.455 e. The van der Waals surface area contributed by atoms with Crippen LogP contribution in [-0.2, 0) is 14.3 Å². The van der Waals surface area contributed by atoms with Crippen LogP contribution in [0.25, 0.3) is 0 Å². The van der Waals surface area contributed by atoms with Gasteiger partial charge in [-0.2, -0.15) is 0 Å². The van der Waals surface area contributed by atoms with Gasteiger partial charge in [-0.25, -0.2) is 4.79 Å². The fourth-order valence-corrected chi connectivity index (χ4v) is 4.23. The zero-order valence-corrected chi connectivity index (χ0v) is 20.7. The van der Waals surface area contributed by atoms with Crippen molar-refractivity contribution in [2.45, 2.75) is 84.3 Å². The average Bonchev–Trinajstić information content (AvgIpc) is 2.75. The average molecular weight is 456 g/mol. The van der Waals surface area contributed by atoms with E-state index < -0.39 is 6.10 Å². The number of hydrogen-bond donors (Lipinski definition) is 2. The van der Waals surface area contributed by atoms with Gasteiger partial charge in [0.05, 0.1) is 18.3 Å². The van der Waals surface area contributed by atoms with Crippen molar-refractivity contribution >= 4 is 5.97 Å². The van der Waals surface area contributed by atoms with E-state index in [1.807, 2.05) is 56.4 Å². The van der Waals surface area contributed by atoms with E-state index in [4.69, 9.17) is 15.2 Å². The molecule has 3 N–H and O–H groups in total. The highest BCUT2D eigenvalue weighted by atomic mass is 16.5.